The lowest BCUT2D eigenvalue weighted by molar-refractivity contribution is -0.134. The van der Waals surface area contributed by atoms with E-state index in [1.807, 2.05) is 4.90 Å². The number of hydrogen-bond donors (Lipinski definition) is 1. The van der Waals surface area contributed by atoms with E-state index in [0.29, 0.717) is 38.8 Å². The summed E-state index contributed by atoms with van der Waals surface area (Å²) in [6.07, 6.45) is 2.29. The highest BCUT2D eigenvalue weighted by Gasteiger charge is 2.20. The van der Waals surface area contributed by atoms with Gasteiger partial charge < -0.3 is 15.0 Å². The SMILES string of the molecule is CCCc1ccc(C(NCC(=O)N2CCOCC2)C(C)C)cc1. The van der Waals surface area contributed by atoms with E-state index in [0.717, 1.165) is 6.42 Å². The predicted molar refractivity (Wildman–Crippen MR) is 93.4 cm³/mol. The molecule has 1 heterocycles. The molecular weight excluding hydrogens is 288 g/mol. The monoisotopic (exact) mass is 318 g/mol. The number of carbonyl (C=O) groups excluding carboxylic acids is 1. The number of ether oxygens (including phenoxy) is 1. The van der Waals surface area contributed by atoms with Gasteiger partial charge in [0.1, 0.15) is 0 Å². The first-order chi connectivity index (χ1) is 11.1. The Bertz CT molecular complexity index is 479. The lowest BCUT2D eigenvalue weighted by atomic mass is 9.94. The zero-order chi connectivity index (χ0) is 16.7. The number of morpholine rings is 1. The molecule has 0 spiro atoms. The normalized spacial score (nSPS) is 16.6. The van der Waals surface area contributed by atoms with Crippen LogP contribution in [0.5, 0.6) is 0 Å². The second-order valence-electron chi connectivity index (χ2n) is 6.59. The molecule has 0 aromatic heterocycles. The number of nitrogens with zero attached hydrogens (tertiary/aromatic N) is 1. The Balaban J connectivity index is 1.94. The highest BCUT2D eigenvalue weighted by Crippen LogP contribution is 2.22. The molecule has 1 atom stereocenters. The van der Waals surface area contributed by atoms with E-state index in [1.54, 1.807) is 0 Å². The number of benzene rings is 1. The molecule has 1 saturated heterocycles. The van der Waals surface area contributed by atoms with E-state index in [-0.39, 0.29) is 11.9 Å². The highest BCUT2D eigenvalue weighted by atomic mass is 16.5. The van der Waals surface area contributed by atoms with Crippen molar-refractivity contribution in [3.8, 4) is 0 Å². The van der Waals surface area contributed by atoms with Gasteiger partial charge in [-0.2, -0.15) is 0 Å². The van der Waals surface area contributed by atoms with Crippen LogP contribution in [0.25, 0.3) is 0 Å². The number of carbonyl (C=O) groups is 1. The third-order valence-corrected chi connectivity index (χ3v) is 4.38. The van der Waals surface area contributed by atoms with E-state index in [1.165, 1.54) is 17.5 Å². The van der Waals surface area contributed by atoms with E-state index in [4.69, 9.17) is 4.74 Å². The Morgan fingerprint density at radius 1 is 1.22 bits per heavy atom. The minimum atomic E-state index is 0.168. The molecule has 0 saturated carbocycles. The van der Waals surface area contributed by atoms with Crippen molar-refractivity contribution in [3.05, 3.63) is 35.4 Å². The van der Waals surface area contributed by atoms with Crippen molar-refractivity contribution < 1.29 is 9.53 Å². The summed E-state index contributed by atoms with van der Waals surface area (Å²) in [4.78, 5) is 14.2. The second kappa shape index (κ2) is 9.04. The van der Waals surface area contributed by atoms with Gasteiger partial charge in [-0.3, -0.25) is 4.79 Å². The highest BCUT2D eigenvalue weighted by molar-refractivity contribution is 5.78. The van der Waals surface area contributed by atoms with E-state index < -0.39 is 0 Å². The molecule has 1 aliphatic rings. The molecule has 4 heteroatoms. The summed E-state index contributed by atoms with van der Waals surface area (Å²) in [6, 6.07) is 9.01. The molecule has 1 aromatic carbocycles. The lowest BCUT2D eigenvalue weighted by Gasteiger charge is -2.29. The summed E-state index contributed by atoms with van der Waals surface area (Å²) in [5.74, 6) is 0.603. The van der Waals surface area contributed by atoms with Gasteiger partial charge in [0.05, 0.1) is 19.8 Å². The van der Waals surface area contributed by atoms with Gasteiger partial charge in [0.15, 0.2) is 0 Å². The van der Waals surface area contributed by atoms with E-state index in [9.17, 15) is 4.79 Å². The quantitative estimate of drug-likeness (QED) is 0.840. The first-order valence-electron chi connectivity index (χ1n) is 8.79. The summed E-state index contributed by atoms with van der Waals surface area (Å²) in [5, 5.41) is 3.45. The average Bonchev–Trinajstić information content (AvgIpc) is 2.57. The van der Waals surface area contributed by atoms with Crippen molar-refractivity contribution in [2.75, 3.05) is 32.8 Å². The smallest absolute Gasteiger partial charge is 0.236 e. The Kier molecular flexibility index (Phi) is 7.06. The Labute approximate surface area is 140 Å². The molecule has 1 fully saturated rings. The van der Waals surface area contributed by atoms with Crippen molar-refractivity contribution in [2.45, 2.75) is 39.7 Å². The maximum absolute atomic E-state index is 12.3. The van der Waals surface area contributed by atoms with Gasteiger partial charge in [-0.05, 0) is 23.5 Å². The van der Waals surface area contributed by atoms with Gasteiger partial charge in [-0.1, -0.05) is 51.5 Å². The third-order valence-electron chi connectivity index (χ3n) is 4.38. The summed E-state index contributed by atoms with van der Waals surface area (Å²) in [7, 11) is 0. The van der Waals surface area contributed by atoms with Crippen LogP contribution in [0.2, 0.25) is 0 Å². The first kappa shape index (κ1) is 18.0. The van der Waals surface area contributed by atoms with Crippen LogP contribution < -0.4 is 5.32 Å². The van der Waals surface area contributed by atoms with Crippen molar-refractivity contribution in [3.63, 3.8) is 0 Å². The molecule has 0 aliphatic carbocycles. The van der Waals surface area contributed by atoms with Crippen LogP contribution in [0, 0.1) is 5.92 Å². The van der Waals surface area contributed by atoms with Crippen molar-refractivity contribution in [1.82, 2.24) is 10.2 Å². The van der Waals surface area contributed by atoms with Gasteiger partial charge in [0, 0.05) is 19.1 Å². The minimum Gasteiger partial charge on any atom is -0.378 e. The first-order valence-corrected chi connectivity index (χ1v) is 8.79. The molecule has 4 nitrogen and oxygen atoms in total. The number of nitrogens with one attached hydrogen (secondary N) is 1. The standard InChI is InChI=1S/C19H30N2O2/c1-4-5-16-6-8-17(9-7-16)19(15(2)3)20-14-18(22)21-10-12-23-13-11-21/h6-9,15,19-20H,4-5,10-14H2,1-3H3. The predicted octanol–water partition coefficient (Wildman–Crippen LogP) is 2.78. The van der Waals surface area contributed by atoms with Gasteiger partial charge in [0.2, 0.25) is 5.91 Å². The number of hydrogen-bond acceptors (Lipinski definition) is 3. The molecule has 1 unspecified atom stereocenters. The summed E-state index contributed by atoms with van der Waals surface area (Å²) < 4.78 is 5.30. The van der Waals surface area contributed by atoms with Crippen LogP contribution in [0.3, 0.4) is 0 Å². The fourth-order valence-electron chi connectivity index (χ4n) is 3.04. The van der Waals surface area contributed by atoms with Crippen LogP contribution in [0.1, 0.15) is 44.4 Å². The fourth-order valence-corrected chi connectivity index (χ4v) is 3.04. The fraction of sp³-hybridized carbons (Fsp3) is 0.632. The molecular formula is C19H30N2O2. The molecule has 1 aliphatic heterocycles. The van der Waals surface area contributed by atoms with Crippen LogP contribution in [-0.4, -0.2) is 43.7 Å². The van der Waals surface area contributed by atoms with Crippen LogP contribution in [-0.2, 0) is 16.0 Å². The molecule has 128 valence electrons. The Morgan fingerprint density at radius 3 is 2.43 bits per heavy atom. The second-order valence-corrected chi connectivity index (χ2v) is 6.59. The van der Waals surface area contributed by atoms with Gasteiger partial charge in [-0.15, -0.1) is 0 Å². The Morgan fingerprint density at radius 2 is 1.87 bits per heavy atom. The summed E-state index contributed by atoms with van der Waals surface area (Å²) in [5.41, 5.74) is 2.64. The third kappa shape index (κ3) is 5.33. The maximum atomic E-state index is 12.3. The lowest BCUT2D eigenvalue weighted by Crippen LogP contribution is -2.45. The minimum absolute atomic E-state index is 0.168. The maximum Gasteiger partial charge on any atom is 0.236 e. The van der Waals surface area contributed by atoms with Crippen LogP contribution >= 0.6 is 0 Å². The molecule has 1 N–H and O–H groups in total. The molecule has 23 heavy (non-hydrogen) atoms. The van der Waals surface area contributed by atoms with Crippen LogP contribution in [0.15, 0.2) is 24.3 Å². The van der Waals surface area contributed by atoms with Gasteiger partial charge in [0.25, 0.3) is 0 Å². The van der Waals surface area contributed by atoms with Crippen molar-refractivity contribution >= 4 is 5.91 Å². The van der Waals surface area contributed by atoms with Gasteiger partial charge >= 0.3 is 0 Å². The van der Waals surface area contributed by atoms with Gasteiger partial charge in [-0.25, -0.2) is 0 Å². The summed E-state index contributed by atoms with van der Waals surface area (Å²) >= 11 is 0. The number of aryl methyl sites for hydroxylation is 1. The largest absolute Gasteiger partial charge is 0.378 e. The zero-order valence-corrected chi connectivity index (χ0v) is 14.7. The molecule has 2 rings (SSSR count). The van der Waals surface area contributed by atoms with E-state index >= 15 is 0 Å². The number of amides is 1. The zero-order valence-electron chi connectivity index (χ0n) is 14.7. The molecule has 0 radical (unpaired) electrons. The molecule has 1 aromatic rings. The van der Waals surface area contributed by atoms with Crippen molar-refractivity contribution in [2.24, 2.45) is 5.92 Å². The van der Waals surface area contributed by atoms with Crippen molar-refractivity contribution in [1.29, 1.82) is 0 Å². The Hall–Kier alpha value is -1.39. The van der Waals surface area contributed by atoms with E-state index in [2.05, 4.69) is 50.4 Å². The topological polar surface area (TPSA) is 41.6 Å². The average molecular weight is 318 g/mol. The molecule has 0 bridgehead atoms. The van der Waals surface area contributed by atoms with Crippen LogP contribution in [0.4, 0.5) is 0 Å². The molecule has 1 amide bonds. The number of rotatable bonds is 7. The summed E-state index contributed by atoms with van der Waals surface area (Å²) in [6.45, 7) is 9.69.